The van der Waals surface area contributed by atoms with Gasteiger partial charge in [0.15, 0.2) is 0 Å². The molecular formula is C14H12FN3O5. The Morgan fingerprint density at radius 1 is 1.57 bits per heavy atom. The molecule has 1 aliphatic rings. The summed E-state index contributed by atoms with van der Waals surface area (Å²) >= 11 is 0. The number of hydrogen-bond donors (Lipinski definition) is 0. The first kappa shape index (κ1) is 16.4. The summed E-state index contributed by atoms with van der Waals surface area (Å²) in [6.07, 6.45) is 1.37. The Kier molecular flexibility index (Phi) is 4.58. The first-order valence-electron chi connectivity index (χ1n) is 6.57. The van der Waals surface area contributed by atoms with E-state index in [1.165, 1.54) is 13.0 Å². The highest BCUT2D eigenvalue weighted by atomic mass is 19.1. The predicted octanol–water partition coefficient (Wildman–Crippen LogP) is 0.247. The zero-order chi connectivity index (χ0) is 17.1. The number of nitro benzene ring substituents is 1. The average molecular weight is 321 g/mol. The third-order valence-corrected chi connectivity index (χ3v) is 3.19. The maximum absolute atomic E-state index is 13.5. The normalized spacial score (nSPS) is 17.3. The van der Waals surface area contributed by atoms with Crippen molar-refractivity contribution in [3.63, 3.8) is 0 Å². The zero-order valence-electron chi connectivity index (χ0n) is 12.1. The Hall–Kier alpha value is -2.97. The number of halogens is 1. The van der Waals surface area contributed by atoms with Crippen LogP contribution in [0.2, 0.25) is 0 Å². The average Bonchev–Trinajstić information content (AvgIpc) is 2.50. The van der Waals surface area contributed by atoms with Crippen LogP contribution in [-0.2, 0) is 14.3 Å². The summed E-state index contributed by atoms with van der Waals surface area (Å²) in [5.74, 6) is -3.48. The smallest absolute Gasteiger partial charge is 0.311 e. The van der Waals surface area contributed by atoms with Crippen molar-refractivity contribution in [2.45, 2.75) is 13.0 Å². The third-order valence-electron chi connectivity index (χ3n) is 3.19. The Balaban J connectivity index is 2.44. The van der Waals surface area contributed by atoms with E-state index in [-0.39, 0.29) is 17.3 Å². The number of nitrogens with zero attached hydrogens (tertiary/aromatic N) is 3. The number of benzene rings is 1. The van der Waals surface area contributed by atoms with E-state index < -0.39 is 40.3 Å². The van der Waals surface area contributed by atoms with Crippen molar-refractivity contribution in [2.24, 2.45) is 15.9 Å². The van der Waals surface area contributed by atoms with Crippen molar-refractivity contribution in [1.29, 1.82) is 0 Å². The minimum Gasteiger partial charge on any atom is -0.461 e. The maximum Gasteiger partial charge on any atom is 0.311 e. The molecule has 9 heteroatoms. The van der Waals surface area contributed by atoms with Gasteiger partial charge in [-0.25, -0.2) is 4.99 Å². The summed E-state index contributed by atoms with van der Waals surface area (Å²) in [6, 6.07) is 0.478. The van der Waals surface area contributed by atoms with Gasteiger partial charge in [0.2, 0.25) is 5.82 Å². The van der Waals surface area contributed by atoms with E-state index in [4.69, 9.17) is 4.74 Å². The third kappa shape index (κ3) is 3.28. The number of carbonyl (C=O) groups is 2. The van der Waals surface area contributed by atoms with Gasteiger partial charge in [0, 0.05) is 12.1 Å². The first-order chi connectivity index (χ1) is 10.8. The number of nitro groups is 1. The Labute approximate surface area is 129 Å². The van der Waals surface area contributed by atoms with Gasteiger partial charge in [0.05, 0.1) is 21.6 Å². The van der Waals surface area contributed by atoms with Crippen molar-refractivity contribution in [3.8, 4) is 0 Å². The molecule has 0 saturated carbocycles. The molecule has 23 heavy (non-hydrogen) atoms. The molecule has 0 spiro atoms. The van der Waals surface area contributed by atoms with Crippen LogP contribution in [0.15, 0.2) is 34.8 Å². The summed E-state index contributed by atoms with van der Waals surface area (Å²) in [5.41, 5.74) is -0.780. The molecular weight excluding hydrogens is 309 g/mol. The minimum atomic E-state index is -1.18. The molecule has 1 aromatic carbocycles. The molecule has 0 radical (unpaired) electrons. The number of carbonyl (C=O) groups excluding carboxylic acids is 2. The van der Waals surface area contributed by atoms with Crippen molar-refractivity contribution in [2.75, 3.05) is 6.61 Å². The lowest BCUT2D eigenvalue weighted by Gasteiger charge is -2.17. The minimum absolute atomic E-state index is 0.0193. The van der Waals surface area contributed by atoms with E-state index in [1.54, 1.807) is 0 Å². The van der Waals surface area contributed by atoms with Crippen LogP contribution in [0.3, 0.4) is 0 Å². The largest absolute Gasteiger partial charge is 0.461 e. The highest BCUT2D eigenvalue weighted by Gasteiger charge is 2.32. The number of amides is 1. The molecule has 8 nitrogen and oxygen atoms in total. The monoisotopic (exact) mass is 321 g/mol. The van der Waals surface area contributed by atoms with Crippen molar-refractivity contribution in [3.05, 3.63) is 51.4 Å². The second-order valence-electron chi connectivity index (χ2n) is 4.78. The lowest BCUT2D eigenvalue weighted by Crippen LogP contribution is -2.42. The van der Waals surface area contributed by atoms with Gasteiger partial charge < -0.3 is 4.74 Å². The topological polar surface area (TPSA) is 111 Å². The summed E-state index contributed by atoms with van der Waals surface area (Å²) < 4.78 is 18.4. The van der Waals surface area contributed by atoms with Crippen LogP contribution in [0.4, 0.5) is 10.1 Å². The summed E-state index contributed by atoms with van der Waals surface area (Å²) in [7, 11) is 0. The second-order valence-corrected chi connectivity index (χ2v) is 4.78. The maximum atomic E-state index is 13.5. The number of fused-ring (bicyclic) bond motifs is 1. The lowest BCUT2D eigenvalue weighted by molar-refractivity contribution is -0.387. The van der Waals surface area contributed by atoms with Crippen molar-refractivity contribution < 1.29 is 23.6 Å². The van der Waals surface area contributed by atoms with Crippen LogP contribution in [0.25, 0.3) is 0 Å². The number of ether oxygens (including phenoxy) is 1. The van der Waals surface area contributed by atoms with Crippen LogP contribution in [0.5, 0.6) is 0 Å². The van der Waals surface area contributed by atoms with Gasteiger partial charge in [-0.05, 0) is 6.92 Å². The quantitative estimate of drug-likeness (QED) is 0.334. The van der Waals surface area contributed by atoms with Crippen LogP contribution < -0.4 is 10.7 Å². The fourth-order valence-corrected chi connectivity index (χ4v) is 1.99. The fourth-order valence-electron chi connectivity index (χ4n) is 1.99. The SMILES string of the molecule is C=CCOC(=O)C(C)C1N=c2cc([N+](=O)[O-])c(F)cc2=NC1=O. The molecule has 120 valence electrons. The highest BCUT2D eigenvalue weighted by molar-refractivity contribution is 5.89. The molecule has 1 heterocycles. The van der Waals surface area contributed by atoms with E-state index in [9.17, 15) is 24.1 Å². The molecule has 1 aliphatic heterocycles. The van der Waals surface area contributed by atoms with E-state index in [0.29, 0.717) is 0 Å². The molecule has 0 aliphatic carbocycles. The summed E-state index contributed by atoms with van der Waals surface area (Å²) in [6.45, 7) is 4.81. The van der Waals surface area contributed by atoms with Gasteiger partial charge in [-0.1, -0.05) is 12.7 Å². The second kappa shape index (κ2) is 6.42. The standard InChI is InChI=1S/C14H12FN3O5/c1-3-4-23-14(20)7(2)12-13(19)17-9-5-8(15)11(18(21)22)6-10(9)16-12/h3,5-7,12H,1,4H2,2H3. The lowest BCUT2D eigenvalue weighted by atomic mass is 10.0. The van der Waals surface area contributed by atoms with Gasteiger partial charge >= 0.3 is 11.7 Å². The summed E-state index contributed by atoms with van der Waals surface area (Å²) in [5, 5.41) is 10.6. The van der Waals surface area contributed by atoms with E-state index >= 15 is 0 Å². The van der Waals surface area contributed by atoms with Crippen LogP contribution in [0.1, 0.15) is 6.92 Å². The molecule has 0 bridgehead atoms. The molecule has 0 saturated heterocycles. The molecule has 0 aromatic heterocycles. The molecule has 0 N–H and O–H groups in total. The molecule has 0 fully saturated rings. The number of rotatable bonds is 5. The van der Waals surface area contributed by atoms with Gasteiger partial charge in [-0.2, -0.15) is 4.39 Å². The number of hydrogen-bond acceptors (Lipinski definition) is 6. The van der Waals surface area contributed by atoms with Crippen LogP contribution in [0, 0.1) is 21.8 Å². The molecule has 1 aromatic rings. The molecule has 2 rings (SSSR count). The fraction of sp³-hybridized carbons (Fsp3) is 0.286. The van der Waals surface area contributed by atoms with E-state index in [0.717, 1.165) is 12.1 Å². The molecule has 2 atom stereocenters. The highest BCUT2D eigenvalue weighted by Crippen LogP contribution is 2.15. The first-order valence-corrected chi connectivity index (χ1v) is 6.57. The number of esters is 1. The van der Waals surface area contributed by atoms with Gasteiger partial charge in [-0.3, -0.25) is 24.7 Å². The van der Waals surface area contributed by atoms with E-state index in [1.807, 2.05) is 0 Å². The van der Waals surface area contributed by atoms with Crippen LogP contribution in [-0.4, -0.2) is 29.4 Å². The predicted molar refractivity (Wildman–Crippen MR) is 74.5 cm³/mol. The van der Waals surface area contributed by atoms with Crippen molar-refractivity contribution in [1.82, 2.24) is 0 Å². The van der Waals surface area contributed by atoms with Gasteiger partial charge in [0.25, 0.3) is 5.91 Å². The Bertz CT molecular complexity index is 820. The van der Waals surface area contributed by atoms with Crippen LogP contribution >= 0.6 is 0 Å². The molecule has 2 unspecified atom stereocenters. The Morgan fingerprint density at radius 3 is 2.87 bits per heavy atom. The van der Waals surface area contributed by atoms with Crippen molar-refractivity contribution >= 4 is 17.6 Å². The van der Waals surface area contributed by atoms with E-state index in [2.05, 4.69) is 16.6 Å². The zero-order valence-corrected chi connectivity index (χ0v) is 12.1. The Morgan fingerprint density at radius 2 is 2.26 bits per heavy atom. The summed E-state index contributed by atoms with van der Waals surface area (Å²) in [4.78, 5) is 41.3. The van der Waals surface area contributed by atoms with Gasteiger partial charge in [0.1, 0.15) is 12.6 Å². The van der Waals surface area contributed by atoms with Gasteiger partial charge in [-0.15, -0.1) is 0 Å². The molecule has 1 amide bonds.